The van der Waals surface area contributed by atoms with Crippen molar-refractivity contribution in [3.05, 3.63) is 35.4 Å². The Morgan fingerprint density at radius 2 is 1.69 bits per heavy atom. The van der Waals surface area contributed by atoms with Crippen LogP contribution in [0.4, 0.5) is 0 Å². The molecule has 0 aliphatic carbocycles. The number of rotatable bonds is 4. The summed E-state index contributed by atoms with van der Waals surface area (Å²) in [5.74, 6) is 0.682. The molecule has 1 nitrogen and oxygen atoms in total. The van der Waals surface area contributed by atoms with Crippen LogP contribution in [-0.2, 0) is 6.42 Å². The van der Waals surface area contributed by atoms with Crippen LogP contribution >= 0.6 is 0 Å². The Labute approximate surface area is 100 Å². The molecule has 1 aromatic rings. The van der Waals surface area contributed by atoms with E-state index in [1.165, 1.54) is 11.1 Å². The van der Waals surface area contributed by atoms with Gasteiger partial charge in [-0.05, 0) is 52.1 Å². The number of hydrogen-bond acceptors (Lipinski definition) is 1. The van der Waals surface area contributed by atoms with E-state index in [1.54, 1.807) is 0 Å². The SMILES string of the molecule is Cc1ccc(CC(C)CNC(C)(C)C)cc1. The fourth-order valence-corrected chi connectivity index (χ4v) is 1.68. The third-order valence-electron chi connectivity index (χ3n) is 2.69. The van der Waals surface area contributed by atoms with E-state index in [0.29, 0.717) is 5.92 Å². The summed E-state index contributed by atoms with van der Waals surface area (Å²) in [6.07, 6.45) is 1.16. The van der Waals surface area contributed by atoms with Crippen LogP contribution in [0.25, 0.3) is 0 Å². The minimum absolute atomic E-state index is 0.224. The van der Waals surface area contributed by atoms with Gasteiger partial charge in [0.25, 0.3) is 0 Å². The summed E-state index contributed by atoms with van der Waals surface area (Å²) in [5, 5.41) is 3.55. The smallest absolute Gasteiger partial charge is 0.00966 e. The van der Waals surface area contributed by atoms with Crippen molar-refractivity contribution in [3.63, 3.8) is 0 Å². The molecular weight excluding hydrogens is 194 g/mol. The Kier molecular flexibility index (Phi) is 4.55. The average molecular weight is 219 g/mol. The van der Waals surface area contributed by atoms with Crippen molar-refractivity contribution in [3.8, 4) is 0 Å². The quantitative estimate of drug-likeness (QED) is 0.816. The van der Waals surface area contributed by atoms with Gasteiger partial charge in [0.2, 0.25) is 0 Å². The van der Waals surface area contributed by atoms with Crippen molar-refractivity contribution in [2.45, 2.75) is 46.6 Å². The van der Waals surface area contributed by atoms with Crippen molar-refractivity contribution in [1.29, 1.82) is 0 Å². The van der Waals surface area contributed by atoms with Crippen LogP contribution in [-0.4, -0.2) is 12.1 Å². The molecule has 0 spiro atoms. The normalized spacial score (nSPS) is 13.8. The van der Waals surface area contributed by atoms with E-state index in [9.17, 15) is 0 Å². The minimum Gasteiger partial charge on any atom is -0.312 e. The van der Waals surface area contributed by atoms with Crippen molar-refractivity contribution in [2.75, 3.05) is 6.54 Å². The second-order valence-corrected chi connectivity index (χ2v) is 5.93. The zero-order chi connectivity index (χ0) is 12.2. The summed E-state index contributed by atoms with van der Waals surface area (Å²) in [6, 6.07) is 8.87. The second kappa shape index (κ2) is 5.49. The Hall–Kier alpha value is -0.820. The van der Waals surface area contributed by atoms with Gasteiger partial charge >= 0.3 is 0 Å². The molecule has 1 atom stereocenters. The summed E-state index contributed by atoms with van der Waals surface area (Å²) in [7, 11) is 0. The van der Waals surface area contributed by atoms with Crippen LogP contribution in [0.1, 0.15) is 38.8 Å². The van der Waals surface area contributed by atoms with Crippen LogP contribution in [0.15, 0.2) is 24.3 Å². The molecule has 0 radical (unpaired) electrons. The van der Waals surface area contributed by atoms with Gasteiger partial charge in [0.15, 0.2) is 0 Å². The van der Waals surface area contributed by atoms with Gasteiger partial charge in [0.1, 0.15) is 0 Å². The fourth-order valence-electron chi connectivity index (χ4n) is 1.68. The predicted molar refractivity (Wildman–Crippen MR) is 71.8 cm³/mol. The highest BCUT2D eigenvalue weighted by Crippen LogP contribution is 2.10. The highest BCUT2D eigenvalue weighted by Gasteiger charge is 2.11. The molecule has 1 unspecified atom stereocenters. The lowest BCUT2D eigenvalue weighted by Gasteiger charge is -2.23. The van der Waals surface area contributed by atoms with E-state index >= 15 is 0 Å². The summed E-state index contributed by atoms with van der Waals surface area (Å²) < 4.78 is 0. The molecule has 16 heavy (non-hydrogen) atoms. The van der Waals surface area contributed by atoms with E-state index in [0.717, 1.165) is 13.0 Å². The van der Waals surface area contributed by atoms with Gasteiger partial charge in [-0.2, -0.15) is 0 Å². The largest absolute Gasteiger partial charge is 0.312 e. The molecule has 1 rings (SSSR count). The highest BCUT2D eigenvalue weighted by atomic mass is 14.9. The maximum atomic E-state index is 3.55. The minimum atomic E-state index is 0.224. The van der Waals surface area contributed by atoms with Gasteiger partial charge in [-0.1, -0.05) is 36.8 Å². The fraction of sp³-hybridized carbons (Fsp3) is 0.600. The topological polar surface area (TPSA) is 12.0 Å². The number of hydrogen-bond donors (Lipinski definition) is 1. The van der Waals surface area contributed by atoms with Gasteiger partial charge < -0.3 is 5.32 Å². The van der Waals surface area contributed by atoms with Crippen molar-refractivity contribution < 1.29 is 0 Å². The van der Waals surface area contributed by atoms with E-state index in [1.807, 2.05) is 0 Å². The van der Waals surface area contributed by atoms with Gasteiger partial charge in [-0.25, -0.2) is 0 Å². The zero-order valence-corrected chi connectivity index (χ0v) is 11.3. The van der Waals surface area contributed by atoms with Gasteiger partial charge in [-0.15, -0.1) is 0 Å². The Balaban J connectivity index is 2.39. The van der Waals surface area contributed by atoms with Crippen LogP contribution < -0.4 is 5.32 Å². The Bertz CT molecular complexity index is 305. The number of benzene rings is 1. The van der Waals surface area contributed by atoms with Crippen LogP contribution in [0, 0.1) is 12.8 Å². The van der Waals surface area contributed by atoms with E-state index in [-0.39, 0.29) is 5.54 Å². The summed E-state index contributed by atoms with van der Waals surface area (Å²) >= 11 is 0. The number of nitrogens with one attached hydrogen (secondary N) is 1. The van der Waals surface area contributed by atoms with E-state index in [2.05, 4.69) is 64.2 Å². The first kappa shape index (κ1) is 13.2. The molecule has 0 saturated heterocycles. The lowest BCUT2D eigenvalue weighted by Crippen LogP contribution is -2.38. The molecule has 0 amide bonds. The molecule has 0 aromatic heterocycles. The summed E-state index contributed by atoms with van der Waals surface area (Å²) in [5.41, 5.74) is 3.00. The molecule has 0 heterocycles. The predicted octanol–water partition coefficient (Wildman–Crippen LogP) is 3.56. The maximum Gasteiger partial charge on any atom is 0.00966 e. The molecule has 0 saturated carbocycles. The van der Waals surface area contributed by atoms with E-state index in [4.69, 9.17) is 0 Å². The lowest BCUT2D eigenvalue weighted by molar-refractivity contribution is 0.381. The van der Waals surface area contributed by atoms with Gasteiger partial charge in [-0.3, -0.25) is 0 Å². The summed E-state index contributed by atoms with van der Waals surface area (Å²) in [4.78, 5) is 0. The maximum absolute atomic E-state index is 3.55. The van der Waals surface area contributed by atoms with Gasteiger partial charge in [0, 0.05) is 5.54 Å². The highest BCUT2D eigenvalue weighted by molar-refractivity contribution is 5.21. The third kappa shape index (κ3) is 5.32. The van der Waals surface area contributed by atoms with Crippen molar-refractivity contribution in [2.24, 2.45) is 5.92 Å². The Morgan fingerprint density at radius 1 is 1.12 bits per heavy atom. The number of aryl methyl sites for hydroxylation is 1. The third-order valence-corrected chi connectivity index (χ3v) is 2.69. The van der Waals surface area contributed by atoms with Crippen molar-refractivity contribution >= 4 is 0 Å². The first-order valence-corrected chi connectivity index (χ1v) is 6.17. The molecule has 0 bridgehead atoms. The molecule has 0 fully saturated rings. The zero-order valence-electron chi connectivity index (χ0n) is 11.3. The molecular formula is C15H25N. The monoisotopic (exact) mass is 219 g/mol. The standard InChI is InChI=1S/C15H25N/c1-12-6-8-14(9-7-12)10-13(2)11-16-15(3,4)5/h6-9,13,16H,10-11H2,1-5H3. The molecule has 1 N–H and O–H groups in total. The summed E-state index contributed by atoms with van der Waals surface area (Å²) in [6.45, 7) is 12.2. The first-order chi connectivity index (χ1) is 7.37. The average Bonchev–Trinajstić information content (AvgIpc) is 2.18. The van der Waals surface area contributed by atoms with Crippen LogP contribution in [0.5, 0.6) is 0 Å². The molecule has 1 heteroatoms. The first-order valence-electron chi connectivity index (χ1n) is 6.17. The molecule has 90 valence electrons. The molecule has 1 aromatic carbocycles. The van der Waals surface area contributed by atoms with E-state index < -0.39 is 0 Å². The van der Waals surface area contributed by atoms with Crippen LogP contribution in [0.3, 0.4) is 0 Å². The molecule has 0 aliphatic rings. The molecule has 0 aliphatic heterocycles. The second-order valence-electron chi connectivity index (χ2n) is 5.93. The van der Waals surface area contributed by atoms with Gasteiger partial charge in [0.05, 0.1) is 0 Å². The van der Waals surface area contributed by atoms with Crippen molar-refractivity contribution in [1.82, 2.24) is 5.32 Å². The Morgan fingerprint density at radius 3 is 2.19 bits per heavy atom. The lowest BCUT2D eigenvalue weighted by atomic mass is 9.99. The van der Waals surface area contributed by atoms with Crippen LogP contribution in [0.2, 0.25) is 0 Å².